The molecule has 0 amide bonds. The molecule has 0 bridgehead atoms. The van der Waals surface area contributed by atoms with Gasteiger partial charge in [0.1, 0.15) is 5.82 Å². The van der Waals surface area contributed by atoms with E-state index in [1.54, 1.807) is 0 Å². The summed E-state index contributed by atoms with van der Waals surface area (Å²) in [6.07, 6.45) is 0.329. The van der Waals surface area contributed by atoms with Crippen molar-refractivity contribution in [2.45, 2.75) is 6.42 Å². The van der Waals surface area contributed by atoms with Crippen molar-refractivity contribution in [2.24, 2.45) is 0 Å². The van der Waals surface area contributed by atoms with Gasteiger partial charge in [-0.25, -0.2) is 4.39 Å². The highest BCUT2D eigenvalue weighted by molar-refractivity contribution is 5.71. The Morgan fingerprint density at radius 2 is 2.07 bits per heavy atom. The van der Waals surface area contributed by atoms with Crippen LogP contribution in [0.25, 0.3) is 0 Å². The quantitative estimate of drug-likeness (QED) is 0.455. The van der Waals surface area contributed by atoms with Crippen LogP contribution in [0.15, 0.2) is 12.1 Å². The topological polar surface area (TPSA) is 72.3 Å². The van der Waals surface area contributed by atoms with Crippen LogP contribution in [0.2, 0.25) is 0 Å². The minimum absolute atomic E-state index is 0.0301. The number of nitrogen functional groups attached to an aromatic ring is 2. The summed E-state index contributed by atoms with van der Waals surface area (Å²) >= 11 is 0. The zero-order valence-electron chi connectivity index (χ0n) is 7.55. The van der Waals surface area contributed by atoms with Crippen molar-refractivity contribution >= 4 is 11.4 Å². The first-order valence-electron chi connectivity index (χ1n) is 4.09. The molecule has 74 valence electrons. The SMILES string of the molecule is Nc1cc(F)cc(C#CCCO)c1N. The largest absolute Gasteiger partial charge is 0.397 e. The average Bonchev–Trinajstić information content (AvgIpc) is 2.13. The van der Waals surface area contributed by atoms with Gasteiger partial charge in [0.15, 0.2) is 0 Å². The molecule has 0 spiro atoms. The minimum Gasteiger partial charge on any atom is -0.397 e. The molecule has 14 heavy (non-hydrogen) atoms. The lowest BCUT2D eigenvalue weighted by molar-refractivity contribution is 0.305. The van der Waals surface area contributed by atoms with Crippen molar-refractivity contribution in [3.63, 3.8) is 0 Å². The van der Waals surface area contributed by atoms with E-state index in [1.807, 2.05) is 0 Å². The summed E-state index contributed by atoms with van der Waals surface area (Å²) in [4.78, 5) is 0. The second-order valence-electron chi connectivity index (χ2n) is 2.73. The first-order chi connectivity index (χ1) is 6.65. The molecule has 0 saturated carbocycles. The molecule has 5 N–H and O–H groups in total. The maximum atomic E-state index is 12.9. The van der Waals surface area contributed by atoms with E-state index in [1.165, 1.54) is 6.07 Å². The Kier molecular flexibility index (Phi) is 3.32. The molecule has 1 rings (SSSR count). The number of hydrogen-bond acceptors (Lipinski definition) is 3. The highest BCUT2D eigenvalue weighted by Crippen LogP contribution is 2.20. The van der Waals surface area contributed by atoms with Crippen LogP contribution in [0, 0.1) is 17.7 Å². The van der Waals surface area contributed by atoms with Crippen molar-refractivity contribution in [2.75, 3.05) is 18.1 Å². The second kappa shape index (κ2) is 4.49. The zero-order valence-corrected chi connectivity index (χ0v) is 7.55. The summed E-state index contributed by atoms with van der Waals surface area (Å²) in [6, 6.07) is 2.36. The summed E-state index contributed by atoms with van der Waals surface area (Å²) in [5.41, 5.74) is 11.8. The Labute approximate surface area is 81.5 Å². The van der Waals surface area contributed by atoms with E-state index in [4.69, 9.17) is 16.6 Å². The Morgan fingerprint density at radius 3 is 2.71 bits per heavy atom. The number of aliphatic hydroxyl groups excluding tert-OH is 1. The third-order valence-corrected chi connectivity index (χ3v) is 1.64. The van der Waals surface area contributed by atoms with Crippen LogP contribution in [0.5, 0.6) is 0 Å². The number of rotatable bonds is 1. The van der Waals surface area contributed by atoms with E-state index < -0.39 is 5.82 Å². The molecule has 0 unspecified atom stereocenters. The maximum absolute atomic E-state index is 12.9. The lowest BCUT2D eigenvalue weighted by atomic mass is 10.1. The Hall–Kier alpha value is -1.73. The normalized spacial score (nSPS) is 9.29. The lowest BCUT2D eigenvalue weighted by Crippen LogP contribution is -1.98. The van der Waals surface area contributed by atoms with E-state index in [2.05, 4.69) is 11.8 Å². The molecule has 0 radical (unpaired) electrons. The Bertz CT molecular complexity index is 393. The van der Waals surface area contributed by atoms with Gasteiger partial charge in [0.25, 0.3) is 0 Å². The van der Waals surface area contributed by atoms with Gasteiger partial charge >= 0.3 is 0 Å². The van der Waals surface area contributed by atoms with Gasteiger partial charge in [-0.05, 0) is 12.1 Å². The number of benzene rings is 1. The van der Waals surface area contributed by atoms with Gasteiger partial charge in [-0.1, -0.05) is 11.8 Å². The molecule has 4 heteroatoms. The first-order valence-corrected chi connectivity index (χ1v) is 4.09. The summed E-state index contributed by atoms with van der Waals surface area (Å²) in [5.74, 6) is 4.82. The highest BCUT2D eigenvalue weighted by Gasteiger charge is 2.02. The van der Waals surface area contributed by atoms with Crippen LogP contribution in [0.1, 0.15) is 12.0 Å². The molecule has 0 aliphatic rings. The monoisotopic (exact) mass is 194 g/mol. The molecule has 1 aromatic carbocycles. The summed E-state index contributed by atoms with van der Waals surface area (Å²) in [5, 5.41) is 8.49. The third-order valence-electron chi connectivity index (χ3n) is 1.64. The molecule has 0 fully saturated rings. The fraction of sp³-hybridized carbons (Fsp3) is 0.200. The molecular weight excluding hydrogens is 183 g/mol. The van der Waals surface area contributed by atoms with Crippen molar-refractivity contribution in [1.29, 1.82) is 0 Å². The van der Waals surface area contributed by atoms with Crippen LogP contribution in [0.4, 0.5) is 15.8 Å². The van der Waals surface area contributed by atoms with Crippen LogP contribution in [0.3, 0.4) is 0 Å². The average molecular weight is 194 g/mol. The summed E-state index contributed by atoms with van der Waals surface area (Å²) < 4.78 is 12.9. The number of nitrogens with two attached hydrogens (primary N) is 2. The van der Waals surface area contributed by atoms with Gasteiger partial charge < -0.3 is 16.6 Å². The van der Waals surface area contributed by atoms with E-state index in [9.17, 15) is 4.39 Å². The van der Waals surface area contributed by atoms with Crippen molar-refractivity contribution in [3.05, 3.63) is 23.5 Å². The summed E-state index contributed by atoms with van der Waals surface area (Å²) in [7, 11) is 0. The second-order valence-corrected chi connectivity index (χ2v) is 2.73. The number of halogens is 1. The van der Waals surface area contributed by atoms with Gasteiger partial charge in [-0.2, -0.15) is 0 Å². The van der Waals surface area contributed by atoms with Crippen LogP contribution < -0.4 is 11.5 Å². The van der Waals surface area contributed by atoms with Gasteiger partial charge in [0, 0.05) is 6.42 Å². The summed E-state index contributed by atoms with van der Waals surface area (Å²) in [6.45, 7) is -0.0301. The van der Waals surface area contributed by atoms with Crippen LogP contribution in [-0.2, 0) is 0 Å². The lowest BCUT2D eigenvalue weighted by Gasteiger charge is -2.02. The molecule has 0 atom stereocenters. The van der Waals surface area contributed by atoms with Crippen molar-refractivity contribution in [3.8, 4) is 11.8 Å². The van der Waals surface area contributed by atoms with Gasteiger partial charge in [0.05, 0.1) is 23.5 Å². The molecule has 0 aromatic heterocycles. The predicted octanol–water partition coefficient (Wildman–Crippen LogP) is 0.724. The van der Waals surface area contributed by atoms with Crippen molar-refractivity contribution < 1.29 is 9.50 Å². The Morgan fingerprint density at radius 1 is 1.36 bits per heavy atom. The van der Waals surface area contributed by atoms with E-state index in [0.29, 0.717) is 12.0 Å². The Balaban J connectivity index is 3.04. The standard InChI is InChI=1S/C10H11FN2O/c11-8-5-7(3-1-2-4-14)10(13)9(12)6-8/h5-6,14H,2,4,12-13H2. The highest BCUT2D eigenvalue weighted by atomic mass is 19.1. The fourth-order valence-corrected chi connectivity index (χ4v) is 0.956. The molecular formula is C10H11FN2O. The van der Waals surface area contributed by atoms with Crippen LogP contribution in [-0.4, -0.2) is 11.7 Å². The number of anilines is 2. The molecule has 3 nitrogen and oxygen atoms in total. The molecule has 0 saturated heterocycles. The van der Waals surface area contributed by atoms with E-state index >= 15 is 0 Å². The van der Waals surface area contributed by atoms with Gasteiger partial charge in [0.2, 0.25) is 0 Å². The minimum atomic E-state index is -0.468. The first kappa shape index (κ1) is 10.4. The fourth-order valence-electron chi connectivity index (χ4n) is 0.956. The molecule has 1 aromatic rings. The van der Waals surface area contributed by atoms with E-state index in [-0.39, 0.29) is 18.0 Å². The van der Waals surface area contributed by atoms with Crippen LogP contribution >= 0.6 is 0 Å². The maximum Gasteiger partial charge on any atom is 0.126 e. The number of hydrogen-bond donors (Lipinski definition) is 3. The van der Waals surface area contributed by atoms with Gasteiger partial charge in [-0.15, -0.1) is 0 Å². The van der Waals surface area contributed by atoms with E-state index in [0.717, 1.165) is 6.07 Å². The van der Waals surface area contributed by atoms with Gasteiger partial charge in [-0.3, -0.25) is 0 Å². The smallest absolute Gasteiger partial charge is 0.126 e. The molecule has 0 aliphatic heterocycles. The number of aliphatic hydroxyl groups is 1. The molecule has 0 heterocycles. The predicted molar refractivity (Wildman–Crippen MR) is 53.8 cm³/mol. The zero-order chi connectivity index (χ0) is 10.6. The third kappa shape index (κ3) is 2.38. The molecule has 0 aliphatic carbocycles. The van der Waals surface area contributed by atoms with Crippen molar-refractivity contribution in [1.82, 2.24) is 0 Å².